The minimum Gasteiger partial charge on any atom is -0.508 e. The second-order valence-electron chi connectivity index (χ2n) is 7.40. The number of rotatable bonds is 3. The van der Waals surface area contributed by atoms with Crippen LogP contribution >= 0.6 is 0 Å². The van der Waals surface area contributed by atoms with Crippen LogP contribution in [0.5, 0.6) is 46.0 Å². The largest absolute Gasteiger partial charge is 0.508 e. The van der Waals surface area contributed by atoms with E-state index >= 15 is 0 Å². The van der Waals surface area contributed by atoms with E-state index in [1.165, 1.54) is 6.07 Å². The Balaban J connectivity index is 1.98. The van der Waals surface area contributed by atoms with Crippen molar-refractivity contribution in [1.82, 2.24) is 0 Å². The van der Waals surface area contributed by atoms with E-state index in [9.17, 15) is 45.6 Å². The highest BCUT2D eigenvalue weighted by atomic mass is 16.5. The van der Waals surface area contributed by atoms with Gasteiger partial charge in [-0.25, -0.2) is 4.79 Å². The molecule has 0 saturated heterocycles. The van der Waals surface area contributed by atoms with Crippen molar-refractivity contribution in [3.05, 3.63) is 58.7 Å². The van der Waals surface area contributed by atoms with Crippen LogP contribution in [0.15, 0.2) is 36.4 Å². The molecule has 2 atom stereocenters. The van der Waals surface area contributed by atoms with Crippen molar-refractivity contribution >= 4 is 5.97 Å². The van der Waals surface area contributed by atoms with Gasteiger partial charge in [0.25, 0.3) is 0 Å². The van der Waals surface area contributed by atoms with Crippen molar-refractivity contribution in [3.8, 4) is 46.0 Å². The molecule has 1 aliphatic heterocycles. The summed E-state index contributed by atoms with van der Waals surface area (Å²) in [7, 11) is 0. The van der Waals surface area contributed by atoms with Crippen molar-refractivity contribution in [2.45, 2.75) is 18.4 Å². The average Bonchev–Trinajstić information content (AvgIpc) is 2.72. The number of carboxylic acids is 1. The lowest BCUT2D eigenvalue weighted by Crippen LogP contribution is -2.26. The summed E-state index contributed by atoms with van der Waals surface area (Å²) < 4.78 is 5.92. The number of phenols is 7. The highest BCUT2D eigenvalue weighted by molar-refractivity contribution is 5.91. The number of carboxylic acid groups (broad SMARTS) is 1. The van der Waals surface area contributed by atoms with Crippen LogP contribution in [0, 0.1) is 0 Å². The number of carbonyl (C=O) groups is 1. The molecule has 0 radical (unpaired) electrons. The normalized spacial score (nSPS) is 17.4. The first kappa shape index (κ1) is 20.8. The fourth-order valence-electron chi connectivity index (χ4n) is 3.97. The molecule has 0 spiro atoms. The van der Waals surface area contributed by atoms with Gasteiger partial charge in [-0.1, -0.05) is 0 Å². The number of hydrogen-bond acceptors (Lipinski definition) is 9. The van der Waals surface area contributed by atoms with Crippen LogP contribution in [-0.2, 0) is 6.42 Å². The zero-order chi connectivity index (χ0) is 23.3. The van der Waals surface area contributed by atoms with Gasteiger partial charge in [0, 0.05) is 34.7 Å². The first-order chi connectivity index (χ1) is 15.1. The summed E-state index contributed by atoms with van der Waals surface area (Å²) in [6.45, 7) is 0. The van der Waals surface area contributed by atoms with Crippen LogP contribution < -0.4 is 4.74 Å². The zero-order valence-electron chi connectivity index (χ0n) is 16.2. The van der Waals surface area contributed by atoms with Crippen LogP contribution in [0.1, 0.15) is 39.1 Å². The Morgan fingerprint density at radius 3 is 2.09 bits per heavy atom. The molecular weight excluding hydrogens is 424 g/mol. The fraction of sp³-hybridized carbons (Fsp3) is 0.136. The summed E-state index contributed by atoms with van der Waals surface area (Å²) in [4.78, 5) is 11.9. The lowest BCUT2D eigenvalue weighted by molar-refractivity contribution is 0.0691. The molecule has 0 aliphatic carbocycles. The van der Waals surface area contributed by atoms with Gasteiger partial charge in [0.2, 0.25) is 0 Å². The van der Waals surface area contributed by atoms with Crippen LogP contribution in [-0.4, -0.2) is 46.8 Å². The molecule has 0 bridgehead atoms. The van der Waals surface area contributed by atoms with Crippen molar-refractivity contribution in [3.63, 3.8) is 0 Å². The predicted molar refractivity (Wildman–Crippen MR) is 108 cm³/mol. The van der Waals surface area contributed by atoms with E-state index in [1.54, 1.807) is 0 Å². The molecule has 4 rings (SSSR count). The first-order valence-corrected chi connectivity index (χ1v) is 9.33. The third-order valence-electron chi connectivity index (χ3n) is 5.43. The Morgan fingerprint density at radius 1 is 0.812 bits per heavy atom. The van der Waals surface area contributed by atoms with E-state index in [-0.39, 0.29) is 45.9 Å². The smallest absolute Gasteiger partial charge is 0.336 e. The fourth-order valence-corrected chi connectivity index (χ4v) is 3.97. The van der Waals surface area contributed by atoms with Crippen molar-refractivity contribution in [2.24, 2.45) is 0 Å². The molecule has 0 fully saturated rings. The maximum Gasteiger partial charge on any atom is 0.336 e. The Bertz CT molecular complexity index is 1230. The molecular formula is C22H18O10. The van der Waals surface area contributed by atoms with Gasteiger partial charge < -0.3 is 45.6 Å². The van der Waals surface area contributed by atoms with E-state index < -0.39 is 46.7 Å². The van der Waals surface area contributed by atoms with Crippen LogP contribution in [0.25, 0.3) is 0 Å². The lowest BCUT2D eigenvalue weighted by atomic mass is 9.79. The van der Waals surface area contributed by atoms with Crippen LogP contribution in [0.4, 0.5) is 0 Å². The standard InChI is InChI=1S/C22H18O10/c23-9-5-14(25)11-7-12(18-10(22(30)31)1-2-13(24)20(18)29)21(32-17(11)6-9)8-3-15(26)19(28)16(27)4-8/h1-6,12,21,23-29H,7H2,(H,30,31)/t12?,21-/m0/s1. The molecule has 10 nitrogen and oxygen atoms in total. The topological polar surface area (TPSA) is 188 Å². The Hall–Kier alpha value is -4.47. The van der Waals surface area contributed by atoms with Crippen molar-refractivity contribution in [2.75, 3.05) is 0 Å². The maximum absolute atomic E-state index is 11.9. The molecule has 166 valence electrons. The predicted octanol–water partition coefficient (Wildman–Crippen LogP) is 2.78. The Labute approximate surface area is 180 Å². The number of aromatic hydroxyl groups is 7. The minimum atomic E-state index is -1.40. The summed E-state index contributed by atoms with van der Waals surface area (Å²) in [5.74, 6) is -6.45. The molecule has 0 amide bonds. The van der Waals surface area contributed by atoms with E-state index in [0.29, 0.717) is 0 Å². The van der Waals surface area contributed by atoms with Gasteiger partial charge in [0.15, 0.2) is 28.7 Å². The highest BCUT2D eigenvalue weighted by Gasteiger charge is 2.39. The van der Waals surface area contributed by atoms with Crippen LogP contribution in [0.3, 0.4) is 0 Å². The van der Waals surface area contributed by atoms with Gasteiger partial charge in [-0.15, -0.1) is 0 Å². The highest BCUT2D eigenvalue weighted by Crippen LogP contribution is 2.52. The zero-order valence-corrected chi connectivity index (χ0v) is 16.2. The third-order valence-corrected chi connectivity index (χ3v) is 5.43. The van der Waals surface area contributed by atoms with Gasteiger partial charge >= 0.3 is 5.97 Å². The van der Waals surface area contributed by atoms with Gasteiger partial charge in [0.1, 0.15) is 23.4 Å². The number of hydrogen-bond donors (Lipinski definition) is 8. The van der Waals surface area contributed by atoms with Crippen molar-refractivity contribution in [1.29, 1.82) is 0 Å². The molecule has 1 heterocycles. The summed E-state index contributed by atoms with van der Waals surface area (Å²) in [5.41, 5.74) is -0.244. The summed E-state index contributed by atoms with van der Waals surface area (Å²) in [6.07, 6.45) is -1.28. The monoisotopic (exact) mass is 442 g/mol. The van der Waals surface area contributed by atoms with Gasteiger partial charge in [0.05, 0.1) is 5.56 Å². The third kappa shape index (κ3) is 3.27. The molecule has 0 saturated carbocycles. The molecule has 3 aromatic rings. The number of fused-ring (bicyclic) bond motifs is 1. The van der Waals surface area contributed by atoms with E-state index in [1.807, 2.05) is 0 Å². The van der Waals surface area contributed by atoms with Gasteiger partial charge in [-0.05, 0) is 30.7 Å². The van der Waals surface area contributed by atoms with Gasteiger partial charge in [-0.2, -0.15) is 0 Å². The molecule has 1 unspecified atom stereocenters. The molecule has 3 aromatic carbocycles. The molecule has 0 aromatic heterocycles. The number of ether oxygens (including phenoxy) is 1. The summed E-state index contributed by atoms with van der Waals surface area (Å²) in [6, 6.07) is 6.57. The quantitative estimate of drug-likeness (QED) is 0.280. The molecule has 1 aliphatic rings. The number of aromatic carboxylic acids is 1. The molecule has 32 heavy (non-hydrogen) atoms. The number of benzene rings is 3. The lowest BCUT2D eigenvalue weighted by Gasteiger charge is -2.35. The first-order valence-electron chi connectivity index (χ1n) is 9.33. The molecule has 10 heteroatoms. The van der Waals surface area contributed by atoms with E-state index in [0.717, 1.165) is 30.3 Å². The second kappa shape index (κ2) is 7.34. The van der Waals surface area contributed by atoms with Gasteiger partial charge in [-0.3, -0.25) is 0 Å². The minimum absolute atomic E-state index is 0.0484. The molecule has 8 N–H and O–H groups in total. The SMILES string of the molecule is O=C(O)c1ccc(O)c(O)c1C1Cc2c(O)cc(O)cc2O[C@H]1c1cc(O)c(O)c(O)c1. The summed E-state index contributed by atoms with van der Waals surface area (Å²) >= 11 is 0. The average molecular weight is 442 g/mol. The van der Waals surface area contributed by atoms with Crippen LogP contribution in [0.2, 0.25) is 0 Å². The second-order valence-corrected chi connectivity index (χ2v) is 7.40. The summed E-state index contributed by atoms with van der Waals surface area (Å²) in [5, 5.41) is 80.0. The maximum atomic E-state index is 11.9. The number of phenolic OH excluding ortho intramolecular Hbond substituents is 7. The van der Waals surface area contributed by atoms with Crippen molar-refractivity contribution < 1.29 is 50.4 Å². The Morgan fingerprint density at radius 2 is 1.47 bits per heavy atom. The van der Waals surface area contributed by atoms with E-state index in [4.69, 9.17) is 4.74 Å². The Kier molecular flexibility index (Phi) is 4.77. The van der Waals surface area contributed by atoms with E-state index in [2.05, 4.69) is 0 Å².